The van der Waals surface area contributed by atoms with E-state index in [1.54, 1.807) is 0 Å². The number of amides is 1. The van der Waals surface area contributed by atoms with Gasteiger partial charge in [0.05, 0.1) is 17.4 Å². The average Bonchev–Trinajstić information content (AvgIpc) is 2.95. The Hall–Kier alpha value is -2.20. The first-order chi connectivity index (χ1) is 13.4. The van der Waals surface area contributed by atoms with E-state index < -0.39 is 23.8 Å². The summed E-state index contributed by atoms with van der Waals surface area (Å²) in [5.74, 6) is -1.06. The lowest BCUT2D eigenvalue weighted by atomic mass is 10.0. The number of anilines is 1. The summed E-state index contributed by atoms with van der Waals surface area (Å²) in [5, 5.41) is 6.87. The standard InChI is InChI=1S/C19H23FN6O2/c1-10-17(25-7-5-24(2)6-8-25)22-16-14(21-10)19(28)26-13-4-3-11(20)9-12(13)15(27)18(26)23-16/h3-4,9-10,14,16-17,21-22H,5-8H2,1-2H3. The van der Waals surface area contributed by atoms with Crippen LogP contribution in [-0.2, 0) is 4.79 Å². The highest BCUT2D eigenvalue weighted by molar-refractivity contribution is 6.59. The van der Waals surface area contributed by atoms with Crippen LogP contribution in [0.4, 0.5) is 10.1 Å². The summed E-state index contributed by atoms with van der Waals surface area (Å²) in [6.07, 6.45) is -0.502. The first kappa shape index (κ1) is 17.9. The molecule has 4 atom stereocenters. The Morgan fingerprint density at radius 1 is 1.14 bits per heavy atom. The van der Waals surface area contributed by atoms with Gasteiger partial charge in [-0.05, 0) is 32.2 Å². The predicted octanol–water partition coefficient (Wildman–Crippen LogP) is -0.383. The molecule has 2 saturated heterocycles. The van der Waals surface area contributed by atoms with E-state index in [4.69, 9.17) is 0 Å². The van der Waals surface area contributed by atoms with Crippen LogP contribution in [0.2, 0.25) is 0 Å². The molecule has 9 heteroatoms. The number of likely N-dealkylation sites (N-methyl/N-ethyl adjacent to an activating group) is 1. The molecule has 1 aromatic rings. The van der Waals surface area contributed by atoms with Gasteiger partial charge in [0.1, 0.15) is 18.0 Å². The molecule has 0 saturated carbocycles. The molecule has 1 aromatic carbocycles. The summed E-state index contributed by atoms with van der Waals surface area (Å²) >= 11 is 0. The Morgan fingerprint density at radius 2 is 1.89 bits per heavy atom. The molecule has 0 aromatic heterocycles. The van der Waals surface area contributed by atoms with Crippen molar-refractivity contribution in [2.75, 3.05) is 38.1 Å². The lowest BCUT2D eigenvalue weighted by molar-refractivity contribution is -0.122. The smallest absolute Gasteiger partial charge is 0.253 e. The largest absolute Gasteiger partial charge is 0.304 e. The summed E-state index contributed by atoms with van der Waals surface area (Å²) in [5.41, 5.74) is 0.596. The van der Waals surface area contributed by atoms with Gasteiger partial charge in [-0.1, -0.05) is 0 Å². The molecule has 0 radical (unpaired) electrons. The van der Waals surface area contributed by atoms with E-state index >= 15 is 0 Å². The van der Waals surface area contributed by atoms with Crippen LogP contribution in [-0.4, -0.2) is 85.0 Å². The van der Waals surface area contributed by atoms with Crippen LogP contribution in [0.15, 0.2) is 23.2 Å². The SMILES string of the molecule is CC1NC2C(=O)N3C(=NC2NC1N1CCN(C)CC1)C(=O)c1cc(F)ccc13. The number of halogens is 1. The van der Waals surface area contributed by atoms with E-state index in [-0.39, 0.29) is 29.5 Å². The maximum atomic E-state index is 13.6. The maximum Gasteiger partial charge on any atom is 0.253 e. The fraction of sp³-hybridized carbons (Fsp3) is 0.526. The number of nitrogens with zero attached hydrogens (tertiary/aromatic N) is 4. The predicted molar refractivity (Wildman–Crippen MR) is 102 cm³/mol. The molecule has 4 heterocycles. The number of carbonyl (C=O) groups is 2. The molecular weight excluding hydrogens is 363 g/mol. The Morgan fingerprint density at radius 3 is 2.64 bits per heavy atom. The van der Waals surface area contributed by atoms with Crippen molar-refractivity contribution in [3.05, 3.63) is 29.6 Å². The number of piperazine rings is 2. The van der Waals surface area contributed by atoms with Crippen LogP contribution in [0.3, 0.4) is 0 Å². The van der Waals surface area contributed by atoms with Gasteiger partial charge < -0.3 is 4.90 Å². The third-order valence-corrected chi connectivity index (χ3v) is 6.11. The number of nitrogens with one attached hydrogen (secondary N) is 2. The minimum absolute atomic E-state index is 0.0231. The van der Waals surface area contributed by atoms with Crippen molar-refractivity contribution in [2.24, 2.45) is 4.99 Å². The molecule has 28 heavy (non-hydrogen) atoms. The van der Waals surface area contributed by atoms with Crippen molar-refractivity contribution in [1.29, 1.82) is 0 Å². The van der Waals surface area contributed by atoms with Gasteiger partial charge in [-0.3, -0.25) is 30.0 Å². The van der Waals surface area contributed by atoms with Gasteiger partial charge in [0.2, 0.25) is 5.78 Å². The van der Waals surface area contributed by atoms with Gasteiger partial charge >= 0.3 is 0 Å². The monoisotopic (exact) mass is 386 g/mol. The molecule has 4 unspecified atom stereocenters. The second kappa shape index (κ2) is 6.41. The molecule has 2 N–H and O–H groups in total. The van der Waals surface area contributed by atoms with Crippen molar-refractivity contribution in [1.82, 2.24) is 20.4 Å². The van der Waals surface area contributed by atoms with Crippen LogP contribution in [0.5, 0.6) is 0 Å². The van der Waals surface area contributed by atoms with E-state index in [0.717, 1.165) is 26.2 Å². The fourth-order valence-corrected chi connectivity index (χ4v) is 4.55. The number of benzene rings is 1. The van der Waals surface area contributed by atoms with E-state index in [0.29, 0.717) is 5.69 Å². The van der Waals surface area contributed by atoms with Gasteiger partial charge in [-0.25, -0.2) is 9.38 Å². The van der Waals surface area contributed by atoms with E-state index in [1.165, 1.54) is 23.1 Å². The van der Waals surface area contributed by atoms with E-state index in [2.05, 4.69) is 39.4 Å². The Labute approximate surface area is 162 Å². The second-order valence-electron chi connectivity index (χ2n) is 7.95. The molecule has 2 fully saturated rings. The average molecular weight is 386 g/mol. The number of rotatable bonds is 1. The number of ketones is 1. The van der Waals surface area contributed by atoms with Gasteiger partial charge in [-0.2, -0.15) is 0 Å². The lowest BCUT2D eigenvalue weighted by Crippen LogP contribution is -2.75. The number of aliphatic imine (C=N–C) groups is 1. The molecular formula is C19H23FN6O2. The Bertz CT molecular complexity index is 881. The Balaban J connectivity index is 1.45. The second-order valence-corrected chi connectivity index (χ2v) is 7.95. The molecule has 8 nitrogen and oxygen atoms in total. The highest BCUT2D eigenvalue weighted by Gasteiger charge is 2.50. The lowest BCUT2D eigenvalue weighted by Gasteiger charge is -2.48. The minimum Gasteiger partial charge on any atom is -0.304 e. The molecule has 0 spiro atoms. The number of hydrogen-bond acceptors (Lipinski definition) is 7. The first-order valence-corrected chi connectivity index (χ1v) is 9.65. The molecule has 5 rings (SSSR count). The van der Waals surface area contributed by atoms with Gasteiger partial charge in [0, 0.05) is 32.2 Å². The molecule has 148 valence electrons. The van der Waals surface area contributed by atoms with Crippen LogP contribution in [0.1, 0.15) is 17.3 Å². The highest BCUT2D eigenvalue weighted by Crippen LogP contribution is 2.34. The first-order valence-electron chi connectivity index (χ1n) is 9.65. The van der Waals surface area contributed by atoms with E-state index in [9.17, 15) is 14.0 Å². The molecule has 4 aliphatic heterocycles. The highest BCUT2D eigenvalue weighted by atomic mass is 19.1. The number of carbonyl (C=O) groups excluding carboxylic acids is 2. The third kappa shape index (κ3) is 2.61. The topological polar surface area (TPSA) is 80.3 Å². The van der Waals surface area contributed by atoms with Crippen molar-refractivity contribution in [3.63, 3.8) is 0 Å². The van der Waals surface area contributed by atoms with Gasteiger partial charge in [0.15, 0.2) is 5.84 Å². The molecule has 0 bridgehead atoms. The van der Waals surface area contributed by atoms with Crippen molar-refractivity contribution in [3.8, 4) is 0 Å². The van der Waals surface area contributed by atoms with Crippen molar-refractivity contribution >= 4 is 23.2 Å². The minimum atomic E-state index is -0.564. The third-order valence-electron chi connectivity index (χ3n) is 6.11. The Kier molecular flexibility index (Phi) is 4.09. The van der Waals surface area contributed by atoms with Crippen LogP contribution >= 0.6 is 0 Å². The molecule has 0 aliphatic carbocycles. The maximum absolute atomic E-state index is 13.6. The van der Waals surface area contributed by atoms with Gasteiger partial charge in [0.25, 0.3) is 5.91 Å². The number of Topliss-reactive ketones (excluding diaryl/α,β-unsaturated/α-hetero) is 1. The number of fused-ring (bicyclic) bond motifs is 4. The number of hydrogen-bond donors (Lipinski definition) is 2. The number of amidine groups is 1. The van der Waals surface area contributed by atoms with Gasteiger partial charge in [-0.15, -0.1) is 0 Å². The summed E-state index contributed by atoms with van der Waals surface area (Å²) in [4.78, 5) is 36.5. The fourth-order valence-electron chi connectivity index (χ4n) is 4.55. The molecule has 1 amide bonds. The van der Waals surface area contributed by atoms with Crippen LogP contribution in [0.25, 0.3) is 0 Å². The van der Waals surface area contributed by atoms with Crippen molar-refractivity contribution in [2.45, 2.75) is 31.3 Å². The van der Waals surface area contributed by atoms with E-state index in [1.807, 2.05) is 0 Å². The summed E-state index contributed by atoms with van der Waals surface area (Å²) in [7, 11) is 2.11. The van der Waals surface area contributed by atoms with Crippen molar-refractivity contribution < 1.29 is 14.0 Å². The summed E-state index contributed by atoms with van der Waals surface area (Å²) in [6.45, 7) is 5.88. The zero-order valence-electron chi connectivity index (χ0n) is 15.9. The zero-order valence-corrected chi connectivity index (χ0v) is 15.9. The zero-order chi connectivity index (χ0) is 19.6. The molecule has 4 aliphatic rings. The van der Waals surface area contributed by atoms with Crippen LogP contribution < -0.4 is 15.5 Å². The summed E-state index contributed by atoms with van der Waals surface area (Å²) in [6, 6.07) is 3.37. The van der Waals surface area contributed by atoms with Crippen LogP contribution in [0, 0.1) is 5.82 Å². The quantitative estimate of drug-likeness (QED) is 0.685. The summed E-state index contributed by atoms with van der Waals surface area (Å²) < 4.78 is 13.6. The normalized spacial score (nSPS) is 33.4.